The van der Waals surface area contributed by atoms with Gasteiger partial charge in [0.2, 0.25) is 0 Å². The first-order valence-electron chi connectivity index (χ1n) is 8.25. The number of rotatable bonds is 2. The van der Waals surface area contributed by atoms with Crippen molar-refractivity contribution < 1.29 is 8.42 Å². The van der Waals surface area contributed by atoms with Crippen LogP contribution in [0.3, 0.4) is 0 Å². The number of sulfonamides is 1. The summed E-state index contributed by atoms with van der Waals surface area (Å²) in [6.45, 7) is 6.96. The maximum atomic E-state index is 13.0. The largest absolute Gasteiger partial charge is 0.265 e. The van der Waals surface area contributed by atoms with Gasteiger partial charge in [0, 0.05) is 17.8 Å². The number of nitrogens with one attached hydrogen (secondary N) is 1. The van der Waals surface area contributed by atoms with Gasteiger partial charge in [-0.1, -0.05) is 20.8 Å². The molecule has 4 rings (SSSR count). The van der Waals surface area contributed by atoms with E-state index in [9.17, 15) is 8.42 Å². The third-order valence-corrected chi connectivity index (χ3v) is 7.69. The first-order valence-corrected chi connectivity index (χ1v) is 9.73. The first kappa shape index (κ1) is 15.3. The Morgan fingerprint density at radius 3 is 2.78 bits per heavy atom. The molecular formula is C17H23N3O2S. The van der Waals surface area contributed by atoms with Crippen molar-refractivity contribution in [1.29, 1.82) is 0 Å². The summed E-state index contributed by atoms with van der Waals surface area (Å²) in [5, 5.41) is 0.155. The molecule has 0 amide bonds. The van der Waals surface area contributed by atoms with Gasteiger partial charge in [-0.15, -0.1) is 0 Å². The monoisotopic (exact) mass is 333 g/mol. The summed E-state index contributed by atoms with van der Waals surface area (Å²) in [4.78, 5) is 8.48. The molecule has 0 saturated heterocycles. The van der Waals surface area contributed by atoms with Crippen molar-refractivity contribution in [3.05, 3.63) is 29.6 Å². The van der Waals surface area contributed by atoms with E-state index in [1.54, 1.807) is 18.3 Å². The molecule has 6 heteroatoms. The number of aliphatic imine (C=N–C) groups is 1. The number of hydrogen-bond donors (Lipinski definition) is 1. The van der Waals surface area contributed by atoms with Gasteiger partial charge in [-0.05, 0) is 48.1 Å². The summed E-state index contributed by atoms with van der Waals surface area (Å²) >= 11 is 0. The summed E-state index contributed by atoms with van der Waals surface area (Å²) in [5.74, 6) is 0.597. The second kappa shape index (κ2) is 4.63. The van der Waals surface area contributed by atoms with Crippen molar-refractivity contribution >= 4 is 15.1 Å². The summed E-state index contributed by atoms with van der Waals surface area (Å²) in [6.07, 6.45) is 5.09. The van der Waals surface area contributed by atoms with Gasteiger partial charge >= 0.3 is 0 Å². The number of aromatic nitrogens is 1. The average Bonchev–Trinajstić information content (AvgIpc) is 3.13. The van der Waals surface area contributed by atoms with E-state index in [1.807, 2.05) is 0 Å². The molecule has 1 aliphatic heterocycles. The molecule has 0 spiro atoms. The predicted molar refractivity (Wildman–Crippen MR) is 89.6 cm³/mol. The highest BCUT2D eigenvalue weighted by Crippen LogP contribution is 2.62. The second-order valence-electron chi connectivity index (χ2n) is 8.09. The number of nitrogens with zero attached hydrogens (tertiary/aromatic N) is 2. The van der Waals surface area contributed by atoms with Gasteiger partial charge < -0.3 is 0 Å². The highest BCUT2D eigenvalue weighted by molar-refractivity contribution is 8.05. The summed E-state index contributed by atoms with van der Waals surface area (Å²) in [7, 11) is -3.63. The maximum absolute atomic E-state index is 13.0. The Morgan fingerprint density at radius 1 is 1.30 bits per heavy atom. The molecular weight excluding hydrogens is 310 g/mol. The van der Waals surface area contributed by atoms with E-state index in [-0.39, 0.29) is 21.9 Å². The van der Waals surface area contributed by atoms with Gasteiger partial charge in [0.05, 0.1) is 12.2 Å². The van der Waals surface area contributed by atoms with Crippen LogP contribution in [0.1, 0.15) is 51.3 Å². The Hall–Kier alpha value is -1.27. The molecule has 3 aliphatic rings. The van der Waals surface area contributed by atoms with Crippen LogP contribution in [0.4, 0.5) is 0 Å². The van der Waals surface area contributed by atoms with Gasteiger partial charge in [0.1, 0.15) is 0 Å². The Labute approximate surface area is 137 Å². The van der Waals surface area contributed by atoms with Crippen LogP contribution >= 0.6 is 0 Å². The van der Waals surface area contributed by atoms with E-state index < -0.39 is 10.0 Å². The molecule has 5 nitrogen and oxygen atoms in total. The molecule has 0 radical (unpaired) electrons. The molecule has 1 aromatic rings. The molecule has 2 bridgehead atoms. The Balaban J connectivity index is 1.67. The third-order valence-electron chi connectivity index (χ3n) is 6.29. The molecule has 1 N–H and O–H groups in total. The summed E-state index contributed by atoms with van der Waals surface area (Å²) < 4.78 is 29.0. The molecule has 3 atom stereocenters. The van der Waals surface area contributed by atoms with Crippen LogP contribution in [0.15, 0.2) is 23.3 Å². The topological polar surface area (TPSA) is 71.4 Å². The zero-order valence-corrected chi connectivity index (χ0v) is 14.7. The van der Waals surface area contributed by atoms with E-state index in [1.165, 1.54) is 6.42 Å². The van der Waals surface area contributed by atoms with Crippen LogP contribution in [0, 0.1) is 16.7 Å². The van der Waals surface area contributed by atoms with Gasteiger partial charge in [-0.25, -0.2) is 13.1 Å². The van der Waals surface area contributed by atoms with Gasteiger partial charge in [-0.3, -0.25) is 9.98 Å². The minimum Gasteiger partial charge on any atom is -0.265 e. The zero-order valence-electron chi connectivity index (χ0n) is 13.8. The lowest BCUT2D eigenvalue weighted by Crippen LogP contribution is -2.53. The van der Waals surface area contributed by atoms with Gasteiger partial charge in [-0.2, -0.15) is 0 Å². The smallest absolute Gasteiger partial charge is 0.258 e. The van der Waals surface area contributed by atoms with Crippen LogP contribution in [0.25, 0.3) is 0 Å². The standard InChI is InChI=1S/C17H23N3O2S/c1-16(2)11-6-7-17(3,9-11)15(16)20-23(21,22)14-12-5-4-8-18-13(12)10-19-14/h4-5,8,11,15,20H,6-7,9-10H2,1-3H3/t11?,15?,17-/m1/s1. The lowest BCUT2D eigenvalue weighted by molar-refractivity contribution is 0.128. The lowest BCUT2D eigenvalue weighted by Gasteiger charge is -2.42. The number of pyridine rings is 1. The van der Waals surface area contributed by atoms with Crippen molar-refractivity contribution in [2.75, 3.05) is 0 Å². The van der Waals surface area contributed by atoms with Crippen molar-refractivity contribution in [2.45, 2.75) is 52.6 Å². The predicted octanol–water partition coefficient (Wildman–Crippen LogP) is 2.48. The van der Waals surface area contributed by atoms with Crippen molar-refractivity contribution in [1.82, 2.24) is 9.71 Å². The van der Waals surface area contributed by atoms with Crippen molar-refractivity contribution in [2.24, 2.45) is 21.7 Å². The van der Waals surface area contributed by atoms with Crippen molar-refractivity contribution in [3.8, 4) is 0 Å². The molecule has 2 unspecified atom stereocenters. The highest BCUT2D eigenvalue weighted by Gasteiger charge is 2.60. The van der Waals surface area contributed by atoms with E-state index in [0.29, 0.717) is 18.0 Å². The maximum Gasteiger partial charge on any atom is 0.258 e. The Bertz CT molecular complexity index is 795. The fourth-order valence-electron chi connectivity index (χ4n) is 5.03. The SMILES string of the molecule is CC1(C)C2CC[C@](C)(C2)C1NS(=O)(=O)C1=NCc2ncccc21. The fraction of sp³-hybridized carbons (Fsp3) is 0.647. The van der Waals surface area contributed by atoms with Gasteiger partial charge in [0.25, 0.3) is 10.0 Å². The van der Waals surface area contributed by atoms with Crippen LogP contribution in [-0.2, 0) is 16.6 Å². The van der Waals surface area contributed by atoms with Crippen LogP contribution in [0.5, 0.6) is 0 Å². The Morgan fingerprint density at radius 2 is 2.09 bits per heavy atom. The van der Waals surface area contributed by atoms with E-state index in [2.05, 4.69) is 35.5 Å². The first-order chi connectivity index (χ1) is 10.7. The normalized spacial score (nSPS) is 34.5. The molecule has 2 heterocycles. The molecule has 2 fully saturated rings. The van der Waals surface area contributed by atoms with E-state index in [0.717, 1.165) is 18.5 Å². The lowest BCUT2D eigenvalue weighted by atomic mass is 9.69. The molecule has 2 aliphatic carbocycles. The average molecular weight is 333 g/mol. The van der Waals surface area contributed by atoms with E-state index >= 15 is 0 Å². The quantitative estimate of drug-likeness (QED) is 0.904. The molecule has 1 aromatic heterocycles. The molecule has 23 heavy (non-hydrogen) atoms. The molecule has 124 valence electrons. The Kier molecular flexibility index (Phi) is 3.08. The van der Waals surface area contributed by atoms with Gasteiger partial charge in [0.15, 0.2) is 5.04 Å². The zero-order chi connectivity index (χ0) is 16.5. The fourth-order valence-corrected chi connectivity index (χ4v) is 6.75. The number of fused-ring (bicyclic) bond motifs is 3. The highest BCUT2D eigenvalue weighted by atomic mass is 32.2. The minimum atomic E-state index is -3.63. The number of hydrogen-bond acceptors (Lipinski definition) is 4. The van der Waals surface area contributed by atoms with Crippen LogP contribution in [0.2, 0.25) is 0 Å². The summed E-state index contributed by atoms with van der Waals surface area (Å²) in [5.41, 5.74) is 1.42. The molecule has 2 saturated carbocycles. The molecule has 0 aromatic carbocycles. The second-order valence-corrected chi connectivity index (χ2v) is 9.72. The van der Waals surface area contributed by atoms with Crippen LogP contribution in [-0.4, -0.2) is 24.5 Å². The van der Waals surface area contributed by atoms with Crippen LogP contribution < -0.4 is 4.72 Å². The third kappa shape index (κ3) is 2.11. The minimum absolute atomic E-state index is 0.0169. The van der Waals surface area contributed by atoms with Crippen molar-refractivity contribution in [3.63, 3.8) is 0 Å². The van der Waals surface area contributed by atoms with E-state index in [4.69, 9.17) is 0 Å². The summed E-state index contributed by atoms with van der Waals surface area (Å²) in [6, 6.07) is 3.51.